The summed E-state index contributed by atoms with van der Waals surface area (Å²) in [5.41, 5.74) is 3.31. The van der Waals surface area contributed by atoms with Gasteiger partial charge in [-0.15, -0.1) is 0 Å². The highest BCUT2D eigenvalue weighted by Crippen LogP contribution is 2.28. The van der Waals surface area contributed by atoms with Crippen LogP contribution in [-0.2, 0) is 4.74 Å². The van der Waals surface area contributed by atoms with Gasteiger partial charge in [0.15, 0.2) is 5.67 Å². The molecule has 21 heavy (non-hydrogen) atoms. The minimum atomic E-state index is -1.56. The van der Waals surface area contributed by atoms with Crippen LogP contribution < -0.4 is 10.5 Å². The van der Waals surface area contributed by atoms with Gasteiger partial charge >= 0.3 is 6.09 Å². The van der Waals surface area contributed by atoms with Crippen LogP contribution in [-0.4, -0.2) is 46.9 Å². The number of halogens is 1. The normalized spacial score (nSPS) is 17.0. The van der Waals surface area contributed by atoms with E-state index in [1.807, 2.05) is 0 Å². The third kappa shape index (κ3) is 4.21. The first-order valence-electron chi connectivity index (χ1n) is 6.68. The number of hydrogen-bond donors (Lipinski definition) is 1. The van der Waals surface area contributed by atoms with E-state index in [-0.39, 0.29) is 19.7 Å². The zero-order chi connectivity index (χ0) is 15.7. The summed E-state index contributed by atoms with van der Waals surface area (Å²) in [5, 5.41) is 0. The Kier molecular flexibility index (Phi) is 3.93. The van der Waals surface area contributed by atoms with E-state index >= 15 is 0 Å². The molecular formula is C14H20FN3O3. The van der Waals surface area contributed by atoms with Gasteiger partial charge in [-0.05, 0) is 32.9 Å². The molecular weight excluding hydrogens is 277 g/mol. The van der Waals surface area contributed by atoms with Crippen molar-refractivity contribution in [2.45, 2.75) is 32.0 Å². The smallest absolute Gasteiger partial charge is 0.410 e. The van der Waals surface area contributed by atoms with Crippen LogP contribution in [0.15, 0.2) is 18.3 Å². The molecule has 0 aromatic carbocycles. The van der Waals surface area contributed by atoms with E-state index in [2.05, 4.69) is 4.98 Å². The summed E-state index contributed by atoms with van der Waals surface area (Å²) in [5.74, 6) is 0.814. The van der Waals surface area contributed by atoms with E-state index in [0.29, 0.717) is 11.6 Å². The van der Waals surface area contributed by atoms with Gasteiger partial charge < -0.3 is 20.1 Å². The average molecular weight is 297 g/mol. The van der Waals surface area contributed by atoms with Crippen molar-refractivity contribution in [1.29, 1.82) is 0 Å². The molecule has 1 aliphatic rings. The second-order valence-corrected chi connectivity index (χ2v) is 6.19. The molecule has 0 saturated carbocycles. The van der Waals surface area contributed by atoms with Gasteiger partial charge in [0, 0.05) is 0 Å². The summed E-state index contributed by atoms with van der Waals surface area (Å²) in [4.78, 5) is 16.9. The van der Waals surface area contributed by atoms with Crippen LogP contribution in [0.5, 0.6) is 5.75 Å². The van der Waals surface area contributed by atoms with Gasteiger partial charge in [0.05, 0.1) is 19.3 Å². The van der Waals surface area contributed by atoms with Crippen LogP contribution in [0.1, 0.15) is 20.8 Å². The number of nitrogens with zero attached hydrogens (tertiary/aromatic N) is 2. The van der Waals surface area contributed by atoms with E-state index in [1.54, 1.807) is 32.9 Å². The molecule has 6 nitrogen and oxygen atoms in total. The Labute approximate surface area is 123 Å². The second-order valence-electron chi connectivity index (χ2n) is 6.19. The molecule has 2 rings (SSSR count). The number of nitrogen functional groups attached to an aromatic ring is 1. The Hall–Kier alpha value is -2.05. The minimum absolute atomic E-state index is 0.0374. The predicted octanol–water partition coefficient (Wildman–Crippen LogP) is 2.00. The molecule has 2 N–H and O–H groups in total. The minimum Gasteiger partial charge on any atom is -0.488 e. The number of likely N-dealkylation sites (tertiary alicyclic amines) is 1. The van der Waals surface area contributed by atoms with Gasteiger partial charge in [0.1, 0.15) is 23.8 Å². The lowest BCUT2D eigenvalue weighted by Gasteiger charge is -2.43. The third-order valence-electron chi connectivity index (χ3n) is 2.86. The molecule has 0 unspecified atom stereocenters. The van der Waals surface area contributed by atoms with Gasteiger partial charge in [-0.25, -0.2) is 14.2 Å². The Balaban J connectivity index is 1.79. The van der Waals surface area contributed by atoms with Crippen molar-refractivity contribution < 1.29 is 18.7 Å². The topological polar surface area (TPSA) is 77.7 Å². The number of rotatable bonds is 3. The number of carbonyl (C=O) groups is 1. The van der Waals surface area contributed by atoms with E-state index in [0.717, 1.165) is 0 Å². The summed E-state index contributed by atoms with van der Waals surface area (Å²) >= 11 is 0. The highest BCUT2D eigenvalue weighted by molar-refractivity contribution is 5.69. The van der Waals surface area contributed by atoms with Crippen LogP contribution in [0, 0.1) is 0 Å². The number of carbonyl (C=O) groups excluding carboxylic acids is 1. The molecule has 116 valence electrons. The Morgan fingerprint density at radius 3 is 2.67 bits per heavy atom. The summed E-state index contributed by atoms with van der Waals surface area (Å²) in [6.45, 7) is 5.09. The van der Waals surface area contributed by atoms with Crippen LogP contribution in [0.3, 0.4) is 0 Å². The predicted molar refractivity (Wildman–Crippen MR) is 75.8 cm³/mol. The summed E-state index contributed by atoms with van der Waals surface area (Å²) in [6.07, 6.45) is 0.924. The molecule has 1 amide bonds. The van der Waals surface area contributed by atoms with Crippen molar-refractivity contribution in [2.24, 2.45) is 0 Å². The maximum Gasteiger partial charge on any atom is 0.410 e. The quantitative estimate of drug-likeness (QED) is 0.923. The fraction of sp³-hybridized carbons (Fsp3) is 0.571. The first-order valence-corrected chi connectivity index (χ1v) is 6.68. The number of nitrogens with two attached hydrogens (primary N) is 1. The second kappa shape index (κ2) is 5.38. The summed E-state index contributed by atoms with van der Waals surface area (Å²) in [7, 11) is 0. The molecule has 0 bridgehead atoms. The molecule has 0 radical (unpaired) electrons. The largest absolute Gasteiger partial charge is 0.488 e. The number of ether oxygens (including phenoxy) is 2. The monoisotopic (exact) mass is 297 g/mol. The fourth-order valence-corrected chi connectivity index (χ4v) is 1.87. The van der Waals surface area contributed by atoms with Crippen molar-refractivity contribution in [3.05, 3.63) is 18.3 Å². The molecule has 2 heterocycles. The van der Waals surface area contributed by atoms with Gasteiger partial charge in [-0.2, -0.15) is 0 Å². The summed E-state index contributed by atoms with van der Waals surface area (Å²) < 4.78 is 24.8. The van der Waals surface area contributed by atoms with E-state index in [1.165, 1.54) is 11.1 Å². The molecule has 0 atom stereocenters. The van der Waals surface area contributed by atoms with Crippen molar-refractivity contribution in [1.82, 2.24) is 9.88 Å². The van der Waals surface area contributed by atoms with E-state index in [9.17, 15) is 9.18 Å². The van der Waals surface area contributed by atoms with Crippen LogP contribution >= 0.6 is 0 Å². The van der Waals surface area contributed by atoms with Crippen molar-refractivity contribution in [3.63, 3.8) is 0 Å². The van der Waals surface area contributed by atoms with Gasteiger partial charge in [-0.3, -0.25) is 0 Å². The lowest BCUT2D eigenvalue weighted by Crippen LogP contribution is -2.64. The zero-order valence-electron chi connectivity index (χ0n) is 12.4. The number of pyridine rings is 1. The Morgan fingerprint density at radius 1 is 1.48 bits per heavy atom. The van der Waals surface area contributed by atoms with Crippen LogP contribution in [0.25, 0.3) is 0 Å². The zero-order valence-corrected chi connectivity index (χ0v) is 12.4. The maximum atomic E-state index is 14.3. The average Bonchev–Trinajstić information content (AvgIpc) is 2.32. The van der Waals surface area contributed by atoms with Crippen LogP contribution in [0.2, 0.25) is 0 Å². The molecule has 7 heteroatoms. The van der Waals surface area contributed by atoms with Crippen LogP contribution in [0.4, 0.5) is 15.0 Å². The van der Waals surface area contributed by atoms with Gasteiger partial charge in [-0.1, -0.05) is 0 Å². The first-order chi connectivity index (χ1) is 9.67. The van der Waals surface area contributed by atoms with E-state index < -0.39 is 17.4 Å². The standard InChI is InChI=1S/C14H20FN3O3/c1-13(2,3)21-12(19)18-7-14(15,8-18)9-20-10-4-5-11(16)17-6-10/h4-6H,7-9H2,1-3H3,(H2,16,17). The van der Waals surface area contributed by atoms with Crippen molar-refractivity contribution in [2.75, 3.05) is 25.4 Å². The number of alkyl halides is 1. The molecule has 1 fully saturated rings. The van der Waals surface area contributed by atoms with Gasteiger partial charge in [0.25, 0.3) is 0 Å². The Bertz CT molecular complexity index is 507. The van der Waals surface area contributed by atoms with E-state index in [4.69, 9.17) is 15.2 Å². The molecule has 1 aromatic rings. The fourth-order valence-electron chi connectivity index (χ4n) is 1.87. The third-order valence-corrected chi connectivity index (χ3v) is 2.86. The number of anilines is 1. The highest BCUT2D eigenvalue weighted by atomic mass is 19.1. The van der Waals surface area contributed by atoms with Gasteiger partial charge in [0.2, 0.25) is 0 Å². The van der Waals surface area contributed by atoms with Crippen molar-refractivity contribution >= 4 is 11.9 Å². The first kappa shape index (κ1) is 15.3. The SMILES string of the molecule is CC(C)(C)OC(=O)N1CC(F)(COc2ccc(N)nc2)C1. The molecule has 0 aliphatic carbocycles. The number of hydrogen-bond acceptors (Lipinski definition) is 5. The molecule has 1 aliphatic heterocycles. The summed E-state index contributed by atoms with van der Waals surface area (Å²) in [6, 6.07) is 3.20. The lowest BCUT2D eigenvalue weighted by atomic mass is 9.98. The molecule has 1 aromatic heterocycles. The number of aromatic nitrogens is 1. The Morgan fingerprint density at radius 2 is 2.14 bits per heavy atom. The van der Waals surface area contributed by atoms with Crippen molar-refractivity contribution in [3.8, 4) is 5.75 Å². The highest BCUT2D eigenvalue weighted by Gasteiger charge is 2.48. The molecule has 1 saturated heterocycles. The number of amides is 1. The maximum absolute atomic E-state index is 14.3. The lowest BCUT2D eigenvalue weighted by molar-refractivity contribution is -0.0686. The molecule has 0 spiro atoms.